The zero-order valence-corrected chi connectivity index (χ0v) is 16.1. The van der Waals surface area contributed by atoms with E-state index in [9.17, 15) is 14.9 Å². The summed E-state index contributed by atoms with van der Waals surface area (Å²) in [4.78, 5) is 28.3. The van der Waals surface area contributed by atoms with E-state index in [1.54, 1.807) is 23.7 Å². The SMILES string of the molecule is CN(C)C(=O)C1CCN(CC(=O)Nc2c(C#N)cnn2-c2ccccc2)CC1. The maximum atomic E-state index is 12.6. The standard InChI is InChI=1S/C20H24N6O2/c1-24(2)20(28)15-8-10-25(11-9-15)14-18(27)23-19-16(12-21)13-22-26(19)17-6-4-3-5-7-17/h3-7,13,15H,8-11,14H2,1-2H3,(H,23,27). The fraction of sp³-hybridized carbons (Fsp3) is 0.400. The van der Waals surface area contributed by atoms with Crippen LogP contribution in [-0.2, 0) is 9.59 Å². The maximum absolute atomic E-state index is 12.6. The van der Waals surface area contributed by atoms with Gasteiger partial charge in [0.05, 0.1) is 18.4 Å². The van der Waals surface area contributed by atoms with Crippen molar-refractivity contribution in [1.29, 1.82) is 5.26 Å². The molecule has 0 radical (unpaired) electrons. The van der Waals surface area contributed by atoms with Crippen LogP contribution < -0.4 is 5.32 Å². The summed E-state index contributed by atoms with van der Waals surface area (Å²) >= 11 is 0. The van der Waals surface area contributed by atoms with Crippen molar-refractivity contribution >= 4 is 17.6 Å². The van der Waals surface area contributed by atoms with Crippen LogP contribution in [0.15, 0.2) is 36.5 Å². The Kier molecular flexibility index (Phi) is 6.06. The van der Waals surface area contributed by atoms with Gasteiger partial charge in [0.15, 0.2) is 5.82 Å². The van der Waals surface area contributed by atoms with Crippen LogP contribution >= 0.6 is 0 Å². The van der Waals surface area contributed by atoms with Crippen molar-refractivity contribution in [2.45, 2.75) is 12.8 Å². The van der Waals surface area contributed by atoms with E-state index in [1.165, 1.54) is 6.20 Å². The lowest BCUT2D eigenvalue weighted by atomic mass is 9.95. The Morgan fingerprint density at radius 3 is 2.54 bits per heavy atom. The number of benzene rings is 1. The molecular formula is C20H24N6O2. The van der Waals surface area contributed by atoms with Gasteiger partial charge in [-0.05, 0) is 38.1 Å². The minimum atomic E-state index is -0.202. The van der Waals surface area contributed by atoms with Crippen molar-refractivity contribution in [1.82, 2.24) is 19.6 Å². The number of hydrogen-bond acceptors (Lipinski definition) is 5. The van der Waals surface area contributed by atoms with Crippen LogP contribution in [0.3, 0.4) is 0 Å². The van der Waals surface area contributed by atoms with E-state index in [0.717, 1.165) is 18.5 Å². The molecule has 1 aliphatic heterocycles. The molecule has 1 aromatic carbocycles. The van der Waals surface area contributed by atoms with Gasteiger partial charge >= 0.3 is 0 Å². The minimum absolute atomic E-state index is 0.0269. The molecule has 2 amide bonds. The first-order chi connectivity index (χ1) is 13.5. The quantitative estimate of drug-likeness (QED) is 0.848. The Morgan fingerprint density at radius 1 is 1.25 bits per heavy atom. The predicted octanol–water partition coefficient (Wildman–Crippen LogP) is 1.48. The largest absolute Gasteiger partial charge is 0.349 e. The van der Waals surface area contributed by atoms with Crippen LogP contribution in [-0.4, -0.2) is 65.1 Å². The number of rotatable bonds is 5. The summed E-state index contributed by atoms with van der Waals surface area (Å²) < 4.78 is 1.55. The van der Waals surface area contributed by atoms with Gasteiger partial charge in [-0.2, -0.15) is 10.4 Å². The molecule has 0 spiro atoms. The molecule has 3 rings (SSSR count). The van der Waals surface area contributed by atoms with Gasteiger partial charge in [0.1, 0.15) is 11.6 Å². The van der Waals surface area contributed by atoms with Crippen LogP contribution in [0, 0.1) is 17.2 Å². The number of piperidine rings is 1. The normalized spacial score (nSPS) is 15.0. The molecule has 146 valence electrons. The number of hydrogen-bond donors (Lipinski definition) is 1. The molecule has 1 aliphatic rings. The highest BCUT2D eigenvalue weighted by atomic mass is 16.2. The molecule has 1 fully saturated rings. The minimum Gasteiger partial charge on any atom is -0.349 e. The second-order valence-electron chi connectivity index (χ2n) is 7.10. The lowest BCUT2D eigenvalue weighted by molar-refractivity contribution is -0.134. The van der Waals surface area contributed by atoms with Gasteiger partial charge in [-0.1, -0.05) is 18.2 Å². The molecule has 28 heavy (non-hydrogen) atoms. The Bertz CT molecular complexity index is 876. The topological polar surface area (TPSA) is 94.3 Å². The lowest BCUT2D eigenvalue weighted by Gasteiger charge is -2.31. The molecule has 2 heterocycles. The van der Waals surface area contributed by atoms with Gasteiger partial charge in [0, 0.05) is 20.0 Å². The number of carbonyl (C=O) groups excluding carboxylic acids is 2. The average Bonchev–Trinajstić information content (AvgIpc) is 3.11. The second-order valence-corrected chi connectivity index (χ2v) is 7.10. The Balaban J connectivity index is 1.63. The summed E-state index contributed by atoms with van der Waals surface area (Å²) in [5.74, 6) is 0.344. The molecule has 0 atom stereocenters. The summed E-state index contributed by atoms with van der Waals surface area (Å²) in [5.41, 5.74) is 1.08. The third-order valence-corrected chi connectivity index (χ3v) is 4.89. The van der Waals surface area contributed by atoms with Crippen LogP contribution in [0.25, 0.3) is 5.69 Å². The molecule has 1 N–H and O–H groups in total. The highest BCUT2D eigenvalue weighted by Crippen LogP contribution is 2.21. The van der Waals surface area contributed by atoms with E-state index in [-0.39, 0.29) is 24.3 Å². The maximum Gasteiger partial charge on any atom is 0.239 e. The van der Waals surface area contributed by atoms with Gasteiger partial charge in [0.2, 0.25) is 11.8 Å². The van der Waals surface area contributed by atoms with Gasteiger partial charge in [-0.3, -0.25) is 14.5 Å². The number of amides is 2. The highest BCUT2D eigenvalue weighted by Gasteiger charge is 2.27. The summed E-state index contributed by atoms with van der Waals surface area (Å²) in [5, 5.41) is 16.4. The third-order valence-electron chi connectivity index (χ3n) is 4.89. The molecule has 1 saturated heterocycles. The average molecular weight is 380 g/mol. The van der Waals surface area contributed by atoms with Crippen molar-refractivity contribution < 1.29 is 9.59 Å². The van der Waals surface area contributed by atoms with E-state index in [4.69, 9.17) is 0 Å². The van der Waals surface area contributed by atoms with Crippen molar-refractivity contribution in [3.63, 3.8) is 0 Å². The lowest BCUT2D eigenvalue weighted by Crippen LogP contribution is -2.43. The van der Waals surface area contributed by atoms with Gasteiger partial charge < -0.3 is 10.2 Å². The summed E-state index contributed by atoms with van der Waals surface area (Å²) in [6, 6.07) is 11.4. The zero-order valence-electron chi connectivity index (χ0n) is 16.1. The smallest absolute Gasteiger partial charge is 0.239 e. The first-order valence-electron chi connectivity index (χ1n) is 9.26. The van der Waals surface area contributed by atoms with Crippen molar-refractivity contribution in [2.75, 3.05) is 39.0 Å². The third kappa shape index (κ3) is 4.38. The number of nitrogens with one attached hydrogen (secondary N) is 1. The first kappa shape index (κ1) is 19.6. The predicted molar refractivity (Wildman–Crippen MR) is 105 cm³/mol. The Labute approximate surface area is 164 Å². The number of anilines is 1. The molecule has 2 aromatic rings. The van der Waals surface area contributed by atoms with E-state index >= 15 is 0 Å². The fourth-order valence-electron chi connectivity index (χ4n) is 3.39. The molecule has 0 saturated carbocycles. The zero-order chi connectivity index (χ0) is 20.1. The molecular weight excluding hydrogens is 356 g/mol. The van der Waals surface area contributed by atoms with Crippen molar-refractivity contribution in [3.8, 4) is 11.8 Å². The van der Waals surface area contributed by atoms with Crippen LogP contribution in [0.4, 0.5) is 5.82 Å². The Hall–Kier alpha value is -3.18. The number of para-hydroxylation sites is 1. The van der Waals surface area contributed by atoms with Gasteiger partial charge in [0.25, 0.3) is 0 Å². The van der Waals surface area contributed by atoms with E-state index in [0.29, 0.717) is 24.5 Å². The number of nitriles is 1. The van der Waals surface area contributed by atoms with Crippen molar-refractivity contribution in [3.05, 3.63) is 42.1 Å². The summed E-state index contributed by atoms with van der Waals surface area (Å²) in [6.45, 7) is 1.61. The number of likely N-dealkylation sites (tertiary alicyclic amines) is 1. The van der Waals surface area contributed by atoms with Crippen LogP contribution in [0.5, 0.6) is 0 Å². The van der Waals surface area contributed by atoms with Crippen molar-refractivity contribution in [2.24, 2.45) is 5.92 Å². The van der Waals surface area contributed by atoms with E-state index in [2.05, 4.69) is 16.5 Å². The highest BCUT2D eigenvalue weighted by molar-refractivity contribution is 5.93. The Morgan fingerprint density at radius 2 is 1.93 bits per heavy atom. The first-order valence-corrected chi connectivity index (χ1v) is 9.26. The molecule has 8 heteroatoms. The molecule has 1 aromatic heterocycles. The number of nitrogens with zero attached hydrogens (tertiary/aromatic N) is 5. The number of aromatic nitrogens is 2. The monoisotopic (exact) mass is 380 g/mol. The van der Waals surface area contributed by atoms with Gasteiger partial charge in [-0.25, -0.2) is 4.68 Å². The van der Waals surface area contributed by atoms with Crippen LogP contribution in [0.2, 0.25) is 0 Å². The second kappa shape index (κ2) is 8.67. The van der Waals surface area contributed by atoms with Gasteiger partial charge in [-0.15, -0.1) is 0 Å². The van der Waals surface area contributed by atoms with Crippen LogP contribution in [0.1, 0.15) is 18.4 Å². The molecule has 0 bridgehead atoms. The summed E-state index contributed by atoms with van der Waals surface area (Å²) in [6.07, 6.45) is 2.94. The fourth-order valence-corrected chi connectivity index (χ4v) is 3.39. The molecule has 0 unspecified atom stereocenters. The number of carbonyl (C=O) groups is 2. The molecule has 8 nitrogen and oxygen atoms in total. The van der Waals surface area contributed by atoms with E-state index < -0.39 is 0 Å². The summed E-state index contributed by atoms with van der Waals surface area (Å²) in [7, 11) is 3.54. The van der Waals surface area contributed by atoms with E-state index in [1.807, 2.05) is 35.2 Å². The molecule has 0 aliphatic carbocycles.